The summed E-state index contributed by atoms with van der Waals surface area (Å²) in [6.07, 6.45) is 1.32. The Morgan fingerprint density at radius 2 is 2.06 bits per heavy atom. The van der Waals surface area contributed by atoms with Gasteiger partial charge in [-0.2, -0.15) is 0 Å². The maximum absolute atomic E-state index is 13.2. The number of benzene rings is 1. The van der Waals surface area contributed by atoms with E-state index in [1.54, 1.807) is 28.2 Å². The van der Waals surface area contributed by atoms with E-state index in [0.29, 0.717) is 45.7 Å². The van der Waals surface area contributed by atoms with Crippen LogP contribution in [-0.4, -0.2) is 60.6 Å². The Bertz CT molecular complexity index is 1070. The zero-order valence-electron chi connectivity index (χ0n) is 20.2. The summed E-state index contributed by atoms with van der Waals surface area (Å²) in [5.74, 6) is 5.89. The molecule has 0 atom stereocenters. The van der Waals surface area contributed by atoms with E-state index < -0.39 is 17.4 Å². The van der Waals surface area contributed by atoms with Crippen molar-refractivity contribution in [3.05, 3.63) is 50.1 Å². The standard InChI is InChI=1S/C26H31BrN2O4S/c1-26(2,3)29(11-7-14-33-13-5-8-21-9-6-15-34-21)25(31)24(30)28-12-10-19-17-23(32-4)22(27)16-20(19)18-28/h6,9,15-17H,7,10-14,18H2,1-4H3. The molecule has 0 N–H and O–H groups in total. The summed E-state index contributed by atoms with van der Waals surface area (Å²) >= 11 is 5.11. The molecular weight excluding hydrogens is 516 g/mol. The number of hydrogen-bond acceptors (Lipinski definition) is 5. The number of nitrogens with zero attached hydrogens (tertiary/aromatic N) is 2. The highest BCUT2D eigenvalue weighted by Gasteiger charge is 2.34. The van der Waals surface area contributed by atoms with Crippen LogP contribution in [0, 0.1) is 11.8 Å². The average Bonchev–Trinajstić information content (AvgIpc) is 3.32. The second-order valence-electron chi connectivity index (χ2n) is 9.05. The van der Waals surface area contributed by atoms with Gasteiger partial charge in [-0.05, 0) is 84.2 Å². The van der Waals surface area contributed by atoms with Gasteiger partial charge in [-0.1, -0.05) is 17.9 Å². The number of amides is 2. The predicted octanol–water partition coefficient (Wildman–Crippen LogP) is 4.49. The lowest BCUT2D eigenvalue weighted by atomic mass is 9.99. The van der Waals surface area contributed by atoms with Crippen LogP contribution in [0.3, 0.4) is 0 Å². The summed E-state index contributed by atoms with van der Waals surface area (Å²) < 4.78 is 11.8. The van der Waals surface area contributed by atoms with Gasteiger partial charge >= 0.3 is 11.8 Å². The molecule has 182 valence electrons. The van der Waals surface area contributed by atoms with Gasteiger partial charge < -0.3 is 19.3 Å². The van der Waals surface area contributed by atoms with Gasteiger partial charge in [0.2, 0.25) is 0 Å². The summed E-state index contributed by atoms with van der Waals surface area (Å²) in [5.41, 5.74) is 1.69. The monoisotopic (exact) mass is 546 g/mol. The molecule has 0 aliphatic carbocycles. The average molecular weight is 548 g/mol. The Morgan fingerprint density at radius 3 is 2.74 bits per heavy atom. The lowest BCUT2D eigenvalue weighted by Gasteiger charge is -2.37. The molecule has 3 rings (SSSR count). The zero-order valence-corrected chi connectivity index (χ0v) is 22.6. The SMILES string of the molecule is COc1cc2c(cc1Br)CN(C(=O)C(=O)N(CCCOCC#Cc1cccs1)C(C)(C)C)CC2. The van der Waals surface area contributed by atoms with Crippen LogP contribution in [0.2, 0.25) is 0 Å². The van der Waals surface area contributed by atoms with Gasteiger partial charge in [-0.25, -0.2) is 0 Å². The van der Waals surface area contributed by atoms with E-state index >= 15 is 0 Å². The maximum atomic E-state index is 13.2. The minimum Gasteiger partial charge on any atom is -0.496 e. The predicted molar refractivity (Wildman–Crippen MR) is 138 cm³/mol. The van der Waals surface area contributed by atoms with Crippen molar-refractivity contribution in [1.29, 1.82) is 0 Å². The largest absolute Gasteiger partial charge is 0.496 e. The van der Waals surface area contributed by atoms with Crippen molar-refractivity contribution < 1.29 is 19.1 Å². The van der Waals surface area contributed by atoms with Crippen LogP contribution in [0.15, 0.2) is 34.1 Å². The molecule has 8 heteroatoms. The molecule has 0 spiro atoms. The molecule has 0 fully saturated rings. The molecule has 1 aliphatic rings. The van der Waals surface area contributed by atoms with Gasteiger partial charge in [0.25, 0.3) is 0 Å². The first-order valence-corrected chi connectivity index (χ1v) is 12.9. The van der Waals surface area contributed by atoms with E-state index in [9.17, 15) is 9.59 Å². The van der Waals surface area contributed by atoms with E-state index in [2.05, 4.69) is 27.8 Å². The molecule has 0 saturated carbocycles. The lowest BCUT2D eigenvalue weighted by Crippen LogP contribution is -2.53. The number of halogens is 1. The van der Waals surface area contributed by atoms with Gasteiger partial charge in [-0.15, -0.1) is 11.3 Å². The van der Waals surface area contributed by atoms with E-state index in [1.807, 2.05) is 50.4 Å². The molecule has 6 nitrogen and oxygen atoms in total. The number of carbonyl (C=O) groups is 2. The third kappa shape index (κ3) is 6.84. The molecule has 1 aromatic heterocycles. The van der Waals surface area contributed by atoms with Crippen LogP contribution in [0.25, 0.3) is 0 Å². The Hall–Kier alpha value is -2.34. The Balaban J connectivity index is 1.55. The topological polar surface area (TPSA) is 59.1 Å². The third-order valence-electron chi connectivity index (χ3n) is 5.59. The minimum absolute atomic E-state index is 0.341. The van der Waals surface area contributed by atoms with E-state index in [0.717, 1.165) is 26.2 Å². The first kappa shape index (κ1) is 26.3. The van der Waals surface area contributed by atoms with Crippen molar-refractivity contribution in [2.45, 2.75) is 45.7 Å². The molecular formula is C26H31BrN2O4S. The molecule has 2 aromatic rings. The molecule has 0 unspecified atom stereocenters. The lowest BCUT2D eigenvalue weighted by molar-refractivity contribution is -0.155. The molecule has 1 aromatic carbocycles. The van der Waals surface area contributed by atoms with Crippen LogP contribution in [0.5, 0.6) is 5.75 Å². The highest BCUT2D eigenvalue weighted by Crippen LogP contribution is 2.31. The number of ether oxygens (including phenoxy) is 2. The fourth-order valence-corrected chi connectivity index (χ4v) is 4.94. The van der Waals surface area contributed by atoms with Gasteiger partial charge in [0.1, 0.15) is 12.4 Å². The van der Waals surface area contributed by atoms with E-state index in [1.165, 1.54) is 0 Å². The quantitative estimate of drug-likeness (QED) is 0.304. The Morgan fingerprint density at radius 1 is 1.26 bits per heavy atom. The van der Waals surface area contributed by atoms with Crippen molar-refractivity contribution in [2.75, 3.05) is 33.4 Å². The molecule has 2 amide bonds. The molecule has 34 heavy (non-hydrogen) atoms. The van der Waals surface area contributed by atoms with Crippen LogP contribution >= 0.6 is 27.3 Å². The highest BCUT2D eigenvalue weighted by atomic mass is 79.9. The van der Waals surface area contributed by atoms with Crippen molar-refractivity contribution in [2.24, 2.45) is 0 Å². The van der Waals surface area contributed by atoms with Crippen molar-refractivity contribution in [3.8, 4) is 17.6 Å². The Labute approximate surface area is 214 Å². The normalized spacial score (nSPS) is 13.0. The maximum Gasteiger partial charge on any atom is 0.312 e. The van der Waals surface area contributed by atoms with Crippen molar-refractivity contribution in [3.63, 3.8) is 0 Å². The zero-order chi connectivity index (χ0) is 24.7. The Kier molecular flexibility index (Phi) is 9.17. The summed E-state index contributed by atoms with van der Waals surface area (Å²) in [6.45, 7) is 8.01. The molecule has 2 heterocycles. The second-order valence-corrected chi connectivity index (χ2v) is 10.8. The first-order chi connectivity index (χ1) is 16.2. The molecule has 0 saturated heterocycles. The summed E-state index contributed by atoms with van der Waals surface area (Å²) in [5, 5.41) is 1.99. The van der Waals surface area contributed by atoms with Crippen LogP contribution in [0.1, 0.15) is 43.2 Å². The third-order valence-corrected chi connectivity index (χ3v) is 6.99. The van der Waals surface area contributed by atoms with Gasteiger partial charge in [0.15, 0.2) is 0 Å². The van der Waals surface area contributed by atoms with E-state index in [-0.39, 0.29) is 0 Å². The molecule has 0 radical (unpaired) electrons. The van der Waals surface area contributed by atoms with E-state index in [4.69, 9.17) is 9.47 Å². The van der Waals surface area contributed by atoms with Crippen molar-refractivity contribution in [1.82, 2.24) is 9.80 Å². The van der Waals surface area contributed by atoms with Gasteiger partial charge in [0.05, 0.1) is 16.5 Å². The summed E-state index contributed by atoms with van der Waals surface area (Å²) in [6, 6.07) is 7.90. The second kappa shape index (κ2) is 11.9. The number of hydrogen-bond donors (Lipinski definition) is 0. The van der Waals surface area contributed by atoms with Crippen LogP contribution in [0.4, 0.5) is 0 Å². The molecule has 0 bridgehead atoms. The number of thiophene rings is 1. The van der Waals surface area contributed by atoms with Crippen LogP contribution in [-0.2, 0) is 27.3 Å². The number of rotatable bonds is 6. The summed E-state index contributed by atoms with van der Waals surface area (Å²) in [7, 11) is 1.63. The van der Waals surface area contributed by atoms with Crippen molar-refractivity contribution >= 4 is 39.1 Å². The number of methoxy groups -OCH3 is 1. The van der Waals surface area contributed by atoms with Gasteiger partial charge in [0, 0.05) is 31.8 Å². The summed E-state index contributed by atoms with van der Waals surface area (Å²) in [4.78, 5) is 30.6. The van der Waals surface area contributed by atoms with Crippen LogP contribution < -0.4 is 4.74 Å². The smallest absolute Gasteiger partial charge is 0.312 e. The van der Waals surface area contributed by atoms with Gasteiger partial charge in [-0.3, -0.25) is 9.59 Å². The number of carbonyl (C=O) groups excluding carboxylic acids is 2. The first-order valence-electron chi connectivity index (χ1n) is 11.3. The number of fused-ring (bicyclic) bond motifs is 1. The fraction of sp³-hybridized carbons (Fsp3) is 0.462. The minimum atomic E-state index is -0.476. The fourth-order valence-electron chi connectivity index (χ4n) is 3.80. The highest BCUT2D eigenvalue weighted by molar-refractivity contribution is 9.10. The molecule has 1 aliphatic heterocycles.